The van der Waals surface area contributed by atoms with Gasteiger partial charge >= 0.3 is 5.97 Å². The molecule has 0 aromatic heterocycles. The predicted molar refractivity (Wildman–Crippen MR) is 76.3 cm³/mol. The molecule has 0 aliphatic rings. The van der Waals surface area contributed by atoms with Crippen molar-refractivity contribution in [1.29, 1.82) is 0 Å². The van der Waals surface area contributed by atoms with Crippen LogP contribution < -0.4 is 5.32 Å². The topological polar surface area (TPSA) is 95.7 Å². The number of carboxylic acids is 1. The number of benzene rings is 1. The summed E-state index contributed by atoms with van der Waals surface area (Å²) in [5.41, 5.74) is -0.209. The number of carboxylic acid groups (broad SMARTS) is 1. The van der Waals surface area contributed by atoms with E-state index in [9.17, 15) is 14.9 Å². The fraction of sp³-hybridized carbons (Fsp3) is 0.462. The molecule has 0 amide bonds. The first-order valence-electron chi connectivity index (χ1n) is 6.32. The summed E-state index contributed by atoms with van der Waals surface area (Å²) in [6, 6.07) is 4.03. The Bertz CT molecular complexity index is 456. The fourth-order valence-corrected chi connectivity index (χ4v) is 1.82. The largest absolute Gasteiger partial charge is 0.478 e. The van der Waals surface area contributed by atoms with Gasteiger partial charge in [-0.15, -0.1) is 0 Å². The van der Waals surface area contributed by atoms with Crippen molar-refractivity contribution in [1.82, 2.24) is 4.90 Å². The van der Waals surface area contributed by atoms with E-state index in [0.717, 1.165) is 19.4 Å². The Balaban J connectivity index is 2.76. The maximum absolute atomic E-state index is 11.1. The van der Waals surface area contributed by atoms with Gasteiger partial charge in [0.2, 0.25) is 0 Å². The van der Waals surface area contributed by atoms with Crippen molar-refractivity contribution < 1.29 is 14.8 Å². The average Bonchev–Trinajstić information content (AvgIpc) is 2.37. The number of aromatic carboxylic acids is 1. The van der Waals surface area contributed by atoms with Crippen molar-refractivity contribution in [3.63, 3.8) is 0 Å². The number of unbranched alkanes of at least 4 members (excludes halogenated alkanes) is 1. The quantitative estimate of drug-likeness (QED) is 0.430. The van der Waals surface area contributed by atoms with E-state index < -0.39 is 10.9 Å². The molecule has 0 fully saturated rings. The van der Waals surface area contributed by atoms with E-state index in [1.54, 1.807) is 0 Å². The Hall–Kier alpha value is -2.15. The lowest BCUT2D eigenvalue weighted by Gasteiger charge is -2.11. The maximum Gasteiger partial charge on any atom is 0.338 e. The fourth-order valence-electron chi connectivity index (χ4n) is 1.82. The number of para-hydroxylation sites is 1. The van der Waals surface area contributed by atoms with Crippen molar-refractivity contribution >= 4 is 17.3 Å². The molecule has 0 saturated carbocycles. The van der Waals surface area contributed by atoms with E-state index in [4.69, 9.17) is 5.11 Å². The lowest BCUT2D eigenvalue weighted by Crippen LogP contribution is -2.15. The molecule has 7 heteroatoms. The summed E-state index contributed by atoms with van der Waals surface area (Å²) in [7, 11) is 3.94. The van der Waals surface area contributed by atoms with Crippen LogP contribution in [0.15, 0.2) is 18.2 Å². The lowest BCUT2D eigenvalue weighted by atomic mass is 10.1. The highest BCUT2D eigenvalue weighted by Gasteiger charge is 2.20. The molecule has 0 saturated heterocycles. The average molecular weight is 281 g/mol. The molecule has 0 heterocycles. The Kier molecular flexibility index (Phi) is 5.92. The first-order chi connectivity index (χ1) is 9.43. The summed E-state index contributed by atoms with van der Waals surface area (Å²) >= 11 is 0. The molecule has 0 aliphatic heterocycles. The minimum absolute atomic E-state index is 0.0770. The molecule has 0 unspecified atom stereocenters. The second kappa shape index (κ2) is 7.44. The highest BCUT2D eigenvalue weighted by atomic mass is 16.6. The zero-order valence-electron chi connectivity index (χ0n) is 11.6. The van der Waals surface area contributed by atoms with Crippen LogP contribution in [0.1, 0.15) is 23.2 Å². The van der Waals surface area contributed by atoms with Crippen LogP contribution in [0.3, 0.4) is 0 Å². The number of nitrogens with zero attached hydrogens (tertiary/aromatic N) is 2. The van der Waals surface area contributed by atoms with Gasteiger partial charge in [0.05, 0.1) is 10.5 Å². The van der Waals surface area contributed by atoms with E-state index in [2.05, 4.69) is 5.32 Å². The highest BCUT2D eigenvalue weighted by molar-refractivity contribution is 5.96. The van der Waals surface area contributed by atoms with Gasteiger partial charge in [-0.25, -0.2) is 4.79 Å². The monoisotopic (exact) mass is 281 g/mol. The molecule has 7 nitrogen and oxygen atoms in total. The molecule has 110 valence electrons. The third-order valence-electron chi connectivity index (χ3n) is 2.80. The molecule has 1 rings (SSSR count). The van der Waals surface area contributed by atoms with Crippen LogP contribution in [0.5, 0.6) is 0 Å². The molecule has 1 aromatic rings. The zero-order valence-corrected chi connectivity index (χ0v) is 11.6. The van der Waals surface area contributed by atoms with Crippen LogP contribution in [-0.4, -0.2) is 48.1 Å². The van der Waals surface area contributed by atoms with E-state index in [1.165, 1.54) is 18.2 Å². The number of anilines is 1. The van der Waals surface area contributed by atoms with Gasteiger partial charge in [-0.3, -0.25) is 10.1 Å². The van der Waals surface area contributed by atoms with E-state index in [0.29, 0.717) is 6.54 Å². The summed E-state index contributed by atoms with van der Waals surface area (Å²) in [5, 5.41) is 22.9. The van der Waals surface area contributed by atoms with Crippen molar-refractivity contribution in [2.24, 2.45) is 0 Å². The molecule has 0 spiro atoms. The van der Waals surface area contributed by atoms with Crippen molar-refractivity contribution in [3.05, 3.63) is 33.9 Å². The summed E-state index contributed by atoms with van der Waals surface area (Å²) in [6.45, 7) is 1.42. The summed E-state index contributed by atoms with van der Waals surface area (Å²) in [5.74, 6) is -1.18. The van der Waals surface area contributed by atoms with Gasteiger partial charge in [0, 0.05) is 12.6 Å². The molecule has 0 aliphatic carbocycles. The summed E-state index contributed by atoms with van der Waals surface area (Å²) < 4.78 is 0. The molecule has 0 bridgehead atoms. The lowest BCUT2D eigenvalue weighted by molar-refractivity contribution is -0.384. The normalized spacial score (nSPS) is 10.6. The molecule has 2 N–H and O–H groups in total. The summed E-state index contributed by atoms with van der Waals surface area (Å²) in [6.07, 6.45) is 1.74. The van der Waals surface area contributed by atoms with E-state index in [1.807, 2.05) is 19.0 Å². The summed E-state index contributed by atoms with van der Waals surface area (Å²) in [4.78, 5) is 23.5. The first kappa shape index (κ1) is 15.9. The number of nitro benzene ring substituents is 1. The Morgan fingerprint density at radius 3 is 2.65 bits per heavy atom. The van der Waals surface area contributed by atoms with Crippen LogP contribution in [0.2, 0.25) is 0 Å². The Morgan fingerprint density at radius 2 is 2.10 bits per heavy atom. The molecule has 0 radical (unpaired) electrons. The van der Waals surface area contributed by atoms with Crippen molar-refractivity contribution in [2.45, 2.75) is 12.8 Å². The maximum atomic E-state index is 11.1. The van der Waals surface area contributed by atoms with Gasteiger partial charge in [0.15, 0.2) is 0 Å². The van der Waals surface area contributed by atoms with Crippen LogP contribution in [0, 0.1) is 10.1 Å². The molecule has 20 heavy (non-hydrogen) atoms. The van der Waals surface area contributed by atoms with Crippen molar-refractivity contribution in [2.75, 3.05) is 32.5 Å². The van der Waals surface area contributed by atoms with Crippen LogP contribution in [0.25, 0.3) is 0 Å². The van der Waals surface area contributed by atoms with Crippen LogP contribution in [0.4, 0.5) is 11.4 Å². The SMILES string of the molecule is CN(C)CCCCNc1c(C(=O)O)cccc1[N+](=O)[O-]. The second-order valence-electron chi connectivity index (χ2n) is 4.70. The standard InChI is InChI=1S/C13H19N3O4/c1-15(2)9-4-3-8-14-12-10(13(17)18)6-5-7-11(12)16(19)20/h5-7,14H,3-4,8-9H2,1-2H3,(H,17,18). The number of rotatable bonds is 8. The van der Waals surface area contributed by atoms with Crippen LogP contribution >= 0.6 is 0 Å². The Labute approximate surface area is 117 Å². The smallest absolute Gasteiger partial charge is 0.338 e. The Morgan fingerprint density at radius 1 is 1.40 bits per heavy atom. The molecular weight excluding hydrogens is 262 g/mol. The predicted octanol–water partition coefficient (Wildman–Crippen LogP) is 2.05. The number of hydrogen-bond acceptors (Lipinski definition) is 5. The van der Waals surface area contributed by atoms with Gasteiger partial charge in [-0.2, -0.15) is 0 Å². The second-order valence-corrected chi connectivity index (χ2v) is 4.70. The minimum atomic E-state index is -1.18. The number of nitro groups is 1. The molecule has 1 aromatic carbocycles. The van der Waals surface area contributed by atoms with Gasteiger partial charge in [0.25, 0.3) is 5.69 Å². The molecular formula is C13H19N3O4. The van der Waals surface area contributed by atoms with E-state index in [-0.39, 0.29) is 16.9 Å². The van der Waals surface area contributed by atoms with Gasteiger partial charge in [0.1, 0.15) is 5.69 Å². The van der Waals surface area contributed by atoms with Gasteiger partial charge in [-0.05, 0) is 39.5 Å². The van der Waals surface area contributed by atoms with E-state index >= 15 is 0 Å². The molecule has 0 atom stereocenters. The van der Waals surface area contributed by atoms with Crippen LogP contribution in [-0.2, 0) is 0 Å². The third kappa shape index (κ3) is 4.51. The van der Waals surface area contributed by atoms with Crippen molar-refractivity contribution in [3.8, 4) is 0 Å². The minimum Gasteiger partial charge on any atom is -0.478 e. The number of hydrogen-bond donors (Lipinski definition) is 2. The van der Waals surface area contributed by atoms with Gasteiger partial charge in [-0.1, -0.05) is 6.07 Å². The first-order valence-corrected chi connectivity index (χ1v) is 6.32. The number of nitrogens with one attached hydrogen (secondary N) is 1. The highest BCUT2D eigenvalue weighted by Crippen LogP contribution is 2.28. The number of carbonyl (C=O) groups is 1. The third-order valence-corrected chi connectivity index (χ3v) is 2.80. The zero-order chi connectivity index (χ0) is 15.1. The van der Waals surface area contributed by atoms with Gasteiger partial charge < -0.3 is 15.3 Å².